The summed E-state index contributed by atoms with van der Waals surface area (Å²) < 4.78 is 5.96. The molecular formula is C21H26N6OS. The van der Waals surface area contributed by atoms with Crippen LogP contribution in [0.5, 0.6) is 0 Å². The van der Waals surface area contributed by atoms with Crippen LogP contribution in [-0.4, -0.2) is 30.0 Å². The van der Waals surface area contributed by atoms with Gasteiger partial charge in [0.2, 0.25) is 6.23 Å². The average molecular weight is 411 g/mol. The van der Waals surface area contributed by atoms with Gasteiger partial charge in [-0.3, -0.25) is 0 Å². The highest BCUT2D eigenvalue weighted by atomic mass is 32.1. The number of fused-ring (bicyclic) bond motifs is 1. The molecule has 2 aliphatic heterocycles. The Morgan fingerprint density at radius 1 is 1.24 bits per heavy atom. The number of aliphatic imine (C=N–C) groups is 1. The molecule has 0 bridgehead atoms. The molecular weight excluding hydrogens is 384 g/mol. The molecule has 2 aromatic rings. The summed E-state index contributed by atoms with van der Waals surface area (Å²) in [4.78, 5) is 11.0. The van der Waals surface area contributed by atoms with E-state index in [0.29, 0.717) is 10.9 Å². The molecule has 29 heavy (non-hydrogen) atoms. The molecule has 3 N–H and O–H groups in total. The van der Waals surface area contributed by atoms with Gasteiger partial charge in [0.05, 0.1) is 0 Å². The first kappa shape index (κ1) is 18.9. The Labute approximate surface area is 178 Å². The van der Waals surface area contributed by atoms with Crippen molar-refractivity contribution in [2.24, 2.45) is 4.99 Å². The van der Waals surface area contributed by atoms with Crippen LogP contribution in [0.25, 0.3) is 0 Å². The number of amidine groups is 1. The standard InChI is InChI=1S/C21H22N6OS.2H2/c1-27(2)16-8-6-15(7-9-16)24-21(29)25-18-13-14(10-12-22-18)20-26-19-17(28-20)5-3-4-11-23-19;;/h4-13,20H,3H2,1-2H3,(H,23,26)(H2,22,24,25,29);2*1H. The van der Waals surface area contributed by atoms with Gasteiger partial charge in [-0.05, 0) is 67.3 Å². The van der Waals surface area contributed by atoms with Gasteiger partial charge in [-0.15, -0.1) is 0 Å². The molecule has 1 unspecified atom stereocenters. The van der Waals surface area contributed by atoms with Gasteiger partial charge < -0.3 is 25.6 Å². The van der Waals surface area contributed by atoms with E-state index in [0.717, 1.165) is 35.0 Å². The van der Waals surface area contributed by atoms with E-state index in [2.05, 4.69) is 25.9 Å². The number of pyridine rings is 1. The lowest BCUT2D eigenvalue weighted by molar-refractivity contribution is 0.158. The van der Waals surface area contributed by atoms with Gasteiger partial charge >= 0.3 is 0 Å². The first-order valence-electron chi connectivity index (χ1n) is 9.26. The summed E-state index contributed by atoms with van der Waals surface area (Å²) in [5, 5.41) is 9.89. The second kappa shape index (κ2) is 8.32. The summed E-state index contributed by atoms with van der Waals surface area (Å²) in [5.74, 6) is 2.14. The second-order valence-electron chi connectivity index (χ2n) is 6.79. The Hall–Kier alpha value is -3.39. The van der Waals surface area contributed by atoms with Gasteiger partial charge in [0.1, 0.15) is 5.82 Å². The lowest BCUT2D eigenvalue weighted by Crippen LogP contribution is -2.20. The molecule has 3 heterocycles. The molecule has 4 rings (SSSR count). The zero-order chi connectivity index (χ0) is 20.2. The van der Waals surface area contributed by atoms with Crippen LogP contribution >= 0.6 is 12.2 Å². The number of nitrogens with zero attached hydrogens (tertiary/aromatic N) is 3. The topological polar surface area (TPSA) is 73.8 Å². The predicted molar refractivity (Wildman–Crippen MR) is 125 cm³/mol. The summed E-state index contributed by atoms with van der Waals surface area (Å²) in [6.07, 6.45) is 8.03. The number of rotatable bonds is 4. The molecule has 152 valence electrons. The lowest BCUT2D eigenvalue weighted by Gasteiger charge is -2.15. The fourth-order valence-corrected chi connectivity index (χ4v) is 3.17. The number of hydrogen-bond acceptors (Lipinski definition) is 6. The third-order valence-corrected chi connectivity index (χ3v) is 4.65. The van der Waals surface area contributed by atoms with Crippen LogP contribution in [0.1, 0.15) is 21.1 Å². The van der Waals surface area contributed by atoms with Crippen LogP contribution in [0.3, 0.4) is 0 Å². The highest BCUT2D eigenvalue weighted by molar-refractivity contribution is 7.80. The summed E-state index contributed by atoms with van der Waals surface area (Å²) >= 11 is 5.42. The fourth-order valence-electron chi connectivity index (χ4n) is 2.95. The number of thiocarbonyl (C=S) groups is 1. The Morgan fingerprint density at radius 3 is 2.86 bits per heavy atom. The maximum atomic E-state index is 5.96. The van der Waals surface area contributed by atoms with Gasteiger partial charge in [0, 0.05) is 40.1 Å². The third kappa shape index (κ3) is 4.55. The highest BCUT2D eigenvalue weighted by Gasteiger charge is 2.25. The Balaban J connectivity index is 0.00000171. The van der Waals surface area contributed by atoms with Crippen molar-refractivity contribution in [3.63, 3.8) is 0 Å². The minimum Gasteiger partial charge on any atom is -0.461 e. The number of anilines is 3. The smallest absolute Gasteiger partial charge is 0.218 e. The third-order valence-electron chi connectivity index (χ3n) is 4.45. The number of nitrogens with one attached hydrogen (secondary N) is 3. The Kier molecular flexibility index (Phi) is 5.44. The van der Waals surface area contributed by atoms with Crippen molar-refractivity contribution in [1.29, 1.82) is 0 Å². The highest BCUT2D eigenvalue weighted by Crippen LogP contribution is 2.30. The van der Waals surface area contributed by atoms with E-state index < -0.39 is 6.23 Å². The average Bonchev–Trinajstić information content (AvgIpc) is 2.99. The van der Waals surface area contributed by atoms with E-state index in [1.807, 2.05) is 73.7 Å². The van der Waals surface area contributed by atoms with Crippen molar-refractivity contribution >= 4 is 40.4 Å². The van der Waals surface area contributed by atoms with Crippen LogP contribution in [-0.2, 0) is 4.74 Å². The first-order valence-corrected chi connectivity index (χ1v) is 9.67. The molecule has 0 spiro atoms. The molecule has 0 radical (unpaired) electrons. The molecule has 1 aromatic carbocycles. The second-order valence-corrected chi connectivity index (χ2v) is 7.20. The fraction of sp³-hybridized carbons (Fsp3) is 0.190. The quantitative estimate of drug-likeness (QED) is 0.650. The minimum absolute atomic E-state index is 0. The van der Waals surface area contributed by atoms with Crippen LogP contribution < -0.4 is 20.9 Å². The molecule has 8 heteroatoms. The molecule has 1 aromatic heterocycles. The Bertz CT molecular complexity index is 1010. The van der Waals surface area contributed by atoms with Crippen molar-refractivity contribution in [2.45, 2.75) is 12.6 Å². The van der Waals surface area contributed by atoms with Gasteiger partial charge in [-0.25, -0.2) is 9.98 Å². The van der Waals surface area contributed by atoms with E-state index in [1.165, 1.54) is 0 Å². The van der Waals surface area contributed by atoms with Crippen molar-refractivity contribution in [3.8, 4) is 0 Å². The van der Waals surface area contributed by atoms with Crippen LogP contribution in [0.15, 0.2) is 71.7 Å². The van der Waals surface area contributed by atoms with Gasteiger partial charge in [-0.2, -0.15) is 0 Å². The summed E-state index contributed by atoms with van der Waals surface area (Å²) in [5.41, 5.74) is 2.92. The van der Waals surface area contributed by atoms with Crippen molar-refractivity contribution in [3.05, 3.63) is 72.3 Å². The normalized spacial score (nSPS) is 17.1. The van der Waals surface area contributed by atoms with Crippen molar-refractivity contribution in [1.82, 2.24) is 10.3 Å². The van der Waals surface area contributed by atoms with Crippen LogP contribution in [0, 0.1) is 0 Å². The minimum atomic E-state index is -0.404. The van der Waals surface area contributed by atoms with Gasteiger partial charge in [-0.1, -0.05) is 6.08 Å². The molecule has 0 saturated heterocycles. The maximum Gasteiger partial charge on any atom is 0.218 e. The molecule has 0 fully saturated rings. The maximum absolute atomic E-state index is 5.96. The number of benzene rings is 1. The molecule has 0 aliphatic carbocycles. The molecule has 0 saturated carbocycles. The predicted octanol–water partition coefficient (Wildman–Crippen LogP) is 4.27. The molecule has 2 aliphatic rings. The zero-order valence-electron chi connectivity index (χ0n) is 16.2. The number of ether oxygens (including phenoxy) is 1. The number of hydrogen-bond donors (Lipinski definition) is 3. The van der Waals surface area contributed by atoms with E-state index in [-0.39, 0.29) is 2.85 Å². The number of allylic oxidation sites excluding steroid dienone is 2. The van der Waals surface area contributed by atoms with E-state index >= 15 is 0 Å². The first-order chi connectivity index (χ1) is 14.1. The summed E-state index contributed by atoms with van der Waals surface area (Å²) in [6.45, 7) is 0. The largest absolute Gasteiger partial charge is 0.461 e. The SMILES string of the molecule is CN(C)c1ccc(NC(=S)Nc2cc(C3N=C4NC=CCC=C4O3)ccn2)cc1.[HH].[HH]. The molecule has 1 atom stereocenters. The monoisotopic (exact) mass is 410 g/mol. The van der Waals surface area contributed by atoms with E-state index in [1.54, 1.807) is 6.20 Å². The lowest BCUT2D eigenvalue weighted by atomic mass is 10.2. The van der Waals surface area contributed by atoms with Gasteiger partial charge in [0.15, 0.2) is 16.7 Å². The van der Waals surface area contributed by atoms with Crippen LogP contribution in [0.2, 0.25) is 0 Å². The van der Waals surface area contributed by atoms with E-state index in [4.69, 9.17) is 17.0 Å². The molecule has 0 amide bonds. The van der Waals surface area contributed by atoms with Crippen molar-refractivity contribution < 1.29 is 7.59 Å². The van der Waals surface area contributed by atoms with Crippen molar-refractivity contribution in [2.75, 3.05) is 29.6 Å². The van der Waals surface area contributed by atoms with Gasteiger partial charge in [0.25, 0.3) is 0 Å². The summed E-state index contributed by atoms with van der Waals surface area (Å²) in [7, 11) is 4.01. The Morgan fingerprint density at radius 2 is 2.07 bits per heavy atom. The zero-order valence-corrected chi connectivity index (χ0v) is 17.0. The summed E-state index contributed by atoms with van der Waals surface area (Å²) in [6, 6.07) is 11.8. The van der Waals surface area contributed by atoms with E-state index in [9.17, 15) is 0 Å². The van der Waals surface area contributed by atoms with Crippen LogP contribution in [0.4, 0.5) is 17.2 Å². The number of aromatic nitrogens is 1. The molecule has 7 nitrogen and oxygen atoms in total.